The Kier molecular flexibility index (Phi) is 4.44. The minimum absolute atomic E-state index is 0.110. The summed E-state index contributed by atoms with van der Waals surface area (Å²) in [7, 11) is 0. The number of halogens is 3. The molecule has 0 unspecified atom stereocenters. The fraction of sp³-hybridized carbons (Fsp3) is 1.00. The summed E-state index contributed by atoms with van der Waals surface area (Å²) < 4.78 is 36.3. The van der Waals surface area contributed by atoms with Crippen LogP contribution in [0, 0.1) is 11.8 Å². The van der Waals surface area contributed by atoms with Crippen LogP contribution in [-0.4, -0.2) is 17.4 Å². The third-order valence-corrected chi connectivity index (χ3v) is 3.15. The lowest BCUT2D eigenvalue weighted by Crippen LogP contribution is -2.31. The Balaban J connectivity index is 2.12. The van der Waals surface area contributed by atoms with Gasteiger partial charge in [-0.15, -0.1) is 0 Å². The summed E-state index contributed by atoms with van der Waals surface area (Å²) in [5.74, 6) is -0.412. The highest BCUT2D eigenvalue weighted by Gasteiger charge is 2.53. The maximum absolute atomic E-state index is 12.1. The van der Waals surface area contributed by atoms with Gasteiger partial charge in [-0.25, -0.2) is 0 Å². The maximum atomic E-state index is 12.1. The first-order valence-corrected chi connectivity index (χ1v) is 5.71. The SMILES string of the molecule is CCCCCC[C@H]1C[C@@H]1[C@@H](O)C(F)(F)F. The summed E-state index contributed by atoms with van der Waals surface area (Å²) in [5, 5.41) is 8.97. The van der Waals surface area contributed by atoms with Crippen LogP contribution in [0.3, 0.4) is 0 Å². The van der Waals surface area contributed by atoms with Crippen LogP contribution < -0.4 is 0 Å². The predicted octanol–water partition coefficient (Wildman–Crippen LogP) is 3.52. The van der Waals surface area contributed by atoms with E-state index in [1.807, 2.05) is 0 Å². The summed E-state index contributed by atoms with van der Waals surface area (Å²) in [4.78, 5) is 0. The van der Waals surface area contributed by atoms with Gasteiger partial charge in [-0.05, 0) is 18.3 Å². The molecule has 0 saturated heterocycles. The quantitative estimate of drug-likeness (QED) is 0.684. The average Bonchev–Trinajstić information content (AvgIpc) is 2.89. The predicted molar refractivity (Wildman–Crippen MR) is 52.4 cm³/mol. The van der Waals surface area contributed by atoms with E-state index in [0.29, 0.717) is 6.42 Å². The molecule has 0 heterocycles. The molecule has 0 aliphatic heterocycles. The normalized spacial score (nSPS) is 27.8. The van der Waals surface area contributed by atoms with Gasteiger partial charge in [0.05, 0.1) is 0 Å². The van der Waals surface area contributed by atoms with Gasteiger partial charge in [0, 0.05) is 0 Å². The highest BCUT2D eigenvalue weighted by Crippen LogP contribution is 2.48. The molecule has 1 rings (SSSR count). The third kappa shape index (κ3) is 4.01. The number of rotatable bonds is 6. The lowest BCUT2D eigenvalue weighted by atomic mass is 10.1. The molecule has 90 valence electrons. The minimum Gasteiger partial charge on any atom is -0.383 e. The van der Waals surface area contributed by atoms with E-state index in [0.717, 1.165) is 32.1 Å². The zero-order valence-electron chi connectivity index (χ0n) is 9.06. The average molecular weight is 224 g/mol. The summed E-state index contributed by atoms with van der Waals surface area (Å²) >= 11 is 0. The second-order valence-corrected chi connectivity index (χ2v) is 4.50. The van der Waals surface area contributed by atoms with Crippen molar-refractivity contribution in [3.63, 3.8) is 0 Å². The third-order valence-electron chi connectivity index (χ3n) is 3.15. The van der Waals surface area contributed by atoms with Crippen LogP contribution in [0.25, 0.3) is 0 Å². The van der Waals surface area contributed by atoms with Gasteiger partial charge >= 0.3 is 6.18 Å². The van der Waals surface area contributed by atoms with Crippen LogP contribution in [0.15, 0.2) is 0 Å². The highest BCUT2D eigenvalue weighted by molar-refractivity contribution is 4.93. The molecule has 0 aromatic carbocycles. The van der Waals surface area contributed by atoms with E-state index in [2.05, 4.69) is 6.92 Å². The molecule has 1 N–H and O–H groups in total. The summed E-state index contributed by atoms with van der Waals surface area (Å²) in [6, 6.07) is 0. The van der Waals surface area contributed by atoms with E-state index in [9.17, 15) is 13.2 Å². The Bertz CT molecular complexity index is 191. The first kappa shape index (κ1) is 12.8. The summed E-state index contributed by atoms with van der Waals surface area (Å²) in [6.07, 6.45) is -0.735. The maximum Gasteiger partial charge on any atom is 0.414 e. The molecular weight excluding hydrogens is 205 g/mol. The van der Waals surface area contributed by atoms with Crippen molar-refractivity contribution < 1.29 is 18.3 Å². The van der Waals surface area contributed by atoms with Gasteiger partial charge in [-0.2, -0.15) is 13.2 Å². The van der Waals surface area contributed by atoms with Crippen LogP contribution >= 0.6 is 0 Å². The zero-order chi connectivity index (χ0) is 11.5. The van der Waals surface area contributed by atoms with Crippen molar-refractivity contribution in [2.45, 2.75) is 57.7 Å². The first-order chi connectivity index (χ1) is 6.96. The Labute approximate surface area is 88.7 Å². The first-order valence-electron chi connectivity index (χ1n) is 5.71. The van der Waals surface area contributed by atoms with E-state index in [1.165, 1.54) is 0 Å². The standard InChI is InChI=1S/C11H19F3O/c1-2-3-4-5-6-8-7-9(8)10(15)11(12,13)14/h8-10,15H,2-7H2,1H3/t8-,9-,10+/m0/s1. The van der Waals surface area contributed by atoms with Gasteiger partial charge < -0.3 is 5.11 Å². The topological polar surface area (TPSA) is 20.2 Å². The number of aliphatic hydroxyl groups is 1. The fourth-order valence-corrected chi connectivity index (χ4v) is 2.07. The van der Waals surface area contributed by atoms with Crippen molar-refractivity contribution >= 4 is 0 Å². The number of hydrogen-bond donors (Lipinski definition) is 1. The summed E-state index contributed by atoms with van der Waals surface area (Å²) in [6.45, 7) is 2.10. The second-order valence-electron chi connectivity index (χ2n) is 4.50. The molecule has 1 saturated carbocycles. The molecule has 1 aliphatic carbocycles. The highest BCUT2D eigenvalue weighted by atomic mass is 19.4. The molecule has 15 heavy (non-hydrogen) atoms. The van der Waals surface area contributed by atoms with Gasteiger partial charge in [0.15, 0.2) is 6.10 Å². The number of unbranched alkanes of at least 4 members (excludes halogenated alkanes) is 3. The Morgan fingerprint density at radius 3 is 2.47 bits per heavy atom. The smallest absolute Gasteiger partial charge is 0.383 e. The molecular formula is C11H19F3O. The lowest BCUT2D eigenvalue weighted by molar-refractivity contribution is -0.211. The molecule has 1 fully saturated rings. The van der Waals surface area contributed by atoms with Crippen molar-refractivity contribution in [1.29, 1.82) is 0 Å². The van der Waals surface area contributed by atoms with E-state index >= 15 is 0 Å². The van der Waals surface area contributed by atoms with Crippen LogP contribution in [0.1, 0.15) is 45.4 Å². The van der Waals surface area contributed by atoms with Gasteiger partial charge in [-0.1, -0.05) is 39.0 Å². The Morgan fingerprint density at radius 2 is 1.93 bits per heavy atom. The van der Waals surface area contributed by atoms with E-state index in [1.54, 1.807) is 0 Å². The van der Waals surface area contributed by atoms with Crippen molar-refractivity contribution in [1.82, 2.24) is 0 Å². The fourth-order valence-electron chi connectivity index (χ4n) is 2.07. The molecule has 0 aromatic rings. The number of alkyl halides is 3. The molecule has 0 radical (unpaired) electrons. The van der Waals surface area contributed by atoms with Crippen LogP contribution in [0.2, 0.25) is 0 Å². The monoisotopic (exact) mass is 224 g/mol. The van der Waals surface area contributed by atoms with Crippen molar-refractivity contribution in [2.75, 3.05) is 0 Å². The summed E-state index contributed by atoms with van der Waals surface area (Å²) in [5.41, 5.74) is 0. The van der Waals surface area contributed by atoms with E-state index < -0.39 is 18.2 Å². The van der Waals surface area contributed by atoms with Gasteiger partial charge in [0.1, 0.15) is 0 Å². The number of aliphatic hydroxyl groups excluding tert-OH is 1. The van der Waals surface area contributed by atoms with Gasteiger partial charge in [0.25, 0.3) is 0 Å². The molecule has 1 nitrogen and oxygen atoms in total. The molecule has 3 atom stereocenters. The van der Waals surface area contributed by atoms with Crippen molar-refractivity contribution in [3.8, 4) is 0 Å². The zero-order valence-corrected chi connectivity index (χ0v) is 9.06. The van der Waals surface area contributed by atoms with E-state index in [4.69, 9.17) is 5.11 Å². The van der Waals surface area contributed by atoms with Crippen LogP contribution in [0.4, 0.5) is 13.2 Å². The molecule has 4 heteroatoms. The molecule has 0 amide bonds. The van der Waals surface area contributed by atoms with Gasteiger partial charge in [-0.3, -0.25) is 0 Å². The van der Waals surface area contributed by atoms with E-state index in [-0.39, 0.29) is 5.92 Å². The van der Waals surface area contributed by atoms with Crippen LogP contribution in [0.5, 0.6) is 0 Å². The van der Waals surface area contributed by atoms with Crippen LogP contribution in [-0.2, 0) is 0 Å². The Hall–Kier alpha value is -0.250. The second kappa shape index (κ2) is 5.19. The molecule has 1 aliphatic rings. The minimum atomic E-state index is -4.43. The Morgan fingerprint density at radius 1 is 1.27 bits per heavy atom. The number of hydrogen-bond acceptors (Lipinski definition) is 1. The van der Waals surface area contributed by atoms with Gasteiger partial charge in [0.2, 0.25) is 0 Å². The lowest BCUT2D eigenvalue weighted by Gasteiger charge is -2.13. The van der Waals surface area contributed by atoms with Crippen molar-refractivity contribution in [3.05, 3.63) is 0 Å². The molecule has 0 spiro atoms. The molecule has 0 bridgehead atoms. The largest absolute Gasteiger partial charge is 0.414 e. The molecule has 0 aromatic heterocycles. The van der Waals surface area contributed by atoms with Crippen molar-refractivity contribution in [2.24, 2.45) is 11.8 Å².